The van der Waals surface area contributed by atoms with Crippen LogP contribution >= 0.6 is 11.3 Å². The van der Waals surface area contributed by atoms with Gasteiger partial charge in [0, 0.05) is 17.5 Å². The highest BCUT2D eigenvalue weighted by Gasteiger charge is 2.16. The predicted octanol–water partition coefficient (Wildman–Crippen LogP) is 2.99. The summed E-state index contributed by atoms with van der Waals surface area (Å²) in [5, 5.41) is 5.53. The SMILES string of the molecule is CCCC(NCC(C)C(=O)OC)c1cccs1. The van der Waals surface area contributed by atoms with Crippen LogP contribution in [0.2, 0.25) is 0 Å². The van der Waals surface area contributed by atoms with E-state index in [4.69, 9.17) is 4.74 Å². The summed E-state index contributed by atoms with van der Waals surface area (Å²) in [6.07, 6.45) is 2.22. The van der Waals surface area contributed by atoms with Crippen LogP contribution in [-0.4, -0.2) is 19.6 Å². The number of rotatable bonds is 7. The van der Waals surface area contributed by atoms with Gasteiger partial charge in [0.15, 0.2) is 0 Å². The third-order valence-corrected chi connectivity index (χ3v) is 3.72. The lowest BCUT2D eigenvalue weighted by molar-refractivity contribution is -0.144. The standard InChI is InChI=1S/C13H21NO2S/c1-4-6-11(12-7-5-8-17-12)14-9-10(2)13(15)16-3/h5,7-8,10-11,14H,4,6,9H2,1-3H3. The molecule has 0 amide bonds. The van der Waals surface area contributed by atoms with Crippen LogP contribution in [0, 0.1) is 5.92 Å². The first kappa shape index (κ1) is 14.2. The van der Waals surface area contributed by atoms with Gasteiger partial charge in [-0.3, -0.25) is 4.79 Å². The van der Waals surface area contributed by atoms with Gasteiger partial charge in [-0.2, -0.15) is 0 Å². The molecule has 2 atom stereocenters. The van der Waals surface area contributed by atoms with Crippen LogP contribution in [0.15, 0.2) is 17.5 Å². The number of methoxy groups -OCH3 is 1. The van der Waals surface area contributed by atoms with Crippen molar-refractivity contribution in [2.45, 2.75) is 32.7 Å². The van der Waals surface area contributed by atoms with Crippen LogP contribution in [0.1, 0.15) is 37.6 Å². The Balaban J connectivity index is 2.48. The monoisotopic (exact) mass is 255 g/mol. The molecular formula is C13H21NO2S. The second-order valence-electron chi connectivity index (χ2n) is 4.19. The van der Waals surface area contributed by atoms with Crippen molar-refractivity contribution >= 4 is 17.3 Å². The molecule has 0 saturated carbocycles. The summed E-state index contributed by atoms with van der Waals surface area (Å²) in [5.41, 5.74) is 0. The average Bonchev–Trinajstić information content (AvgIpc) is 2.86. The van der Waals surface area contributed by atoms with E-state index in [1.807, 2.05) is 6.92 Å². The minimum Gasteiger partial charge on any atom is -0.469 e. The van der Waals surface area contributed by atoms with Gasteiger partial charge in [0.25, 0.3) is 0 Å². The molecule has 0 saturated heterocycles. The maximum atomic E-state index is 11.3. The fourth-order valence-corrected chi connectivity index (χ4v) is 2.56. The molecule has 1 aromatic rings. The van der Waals surface area contributed by atoms with E-state index in [9.17, 15) is 4.79 Å². The minimum atomic E-state index is -0.154. The van der Waals surface area contributed by atoms with E-state index in [-0.39, 0.29) is 11.9 Å². The average molecular weight is 255 g/mol. The van der Waals surface area contributed by atoms with Crippen molar-refractivity contribution in [3.8, 4) is 0 Å². The molecule has 96 valence electrons. The summed E-state index contributed by atoms with van der Waals surface area (Å²) in [6.45, 7) is 4.72. The van der Waals surface area contributed by atoms with Gasteiger partial charge in [0.05, 0.1) is 13.0 Å². The Labute approximate surface area is 107 Å². The summed E-state index contributed by atoms with van der Waals surface area (Å²) < 4.78 is 4.72. The van der Waals surface area contributed by atoms with Crippen molar-refractivity contribution in [1.29, 1.82) is 0 Å². The Kier molecular flexibility index (Phi) is 6.22. The smallest absolute Gasteiger partial charge is 0.309 e. The number of thiophene rings is 1. The van der Waals surface area contributed by atoms with Gasteiger partial charge in [-0.25, -0.2) is 0 Å². The normalized spacial score (nSPS) is 14.3. The van der Waals surface area contributed by atoms with E-state index in [0.29, 0.717) is 12.6 Å². The van der Waals surface area contributed by atoms with Crippen LogP contribution in [-0.2, 0) is 9.53 Å². The number of carbonyl (C=O) groups is 1. The van der Waals surface area contributed by atoms with Crippen molar-refractivity contribution < 1.29 is 9.53 Å². The van der Waals surface area contributed by atoms with Crippen molar-refractivity contribution in [3.05, 3.63) is 22.4 Å². The molecule has 0 aliphatic carbocycles. The number of nitrogens with one attached hydrogen (secondary N) is 1. The maximum absolute atomic E-state index is 11.3. The van der Waals surface area contributed by atoms with E-state index < -0.39 is 0 Å². The summed E-state index contributed by atoms with van der Waals surface area (Å²) >= 11 is 1.76. The van der Waals surface area contributed by atoms with Gasteiger partial charge in [-0.05, 0) is 17.9 Å². The van der Waals surface area contributed by atoms with E-state index in [1.54, 1.807) is 11.3 Å². The quantitative estimate of drug-likeness (QED) is 0.761. The Morgan fingerprint density at radius 3 is 2.88 bits per heavy atom. The Morgan fingerprint density at radius 2 is 2.35 bits per heavy atom. The van der Waals surface area contributed by atoms with E-state index in [2.05, 4.69) is 29.8 Å². The van der Waals surface area contributed by atoms with Crippen molar-refractivity contribution in [2.24, 2.45) is 5.92 Å². The molecule has 1 heterocycles. The first-order valence-electron chi connectivity index (χ1n) is 6.03. The molecule has 3 nitrogen and oxygen atoms in total. The molecule has 0 aromatic carbocycles. The number of esters is 1. The fraction of sp³-hybridized carbons (Fsp3) is 0.615. The molecule has 0 aliphatic heterocycles. The van der Waals surface area contributed by atoms with Gasteiger partial charge in [-0.15, -0.1) is 11.3 Å². The summed E-state index contributed by atoms with van der Waals surface area (Å²) in [6, 6.07) is 4.56. The van der Waals surface area contributed by atoms with E-state index in [0.717, 1.165) is 12.8 Å². The van der Waals surface area contributed by atoms with Crippen molar-refractivity contribution in [1.82, 2.24) is 5.32 Å². The highest BCUT2D eigenvalue weighted by atomic mass is 32.1. The Bertz CT molecular complexity index is 324. The highest BCUT2D eigenvalue weighted by molar-refractivity contribution is 7.10. The molecule has 4 heteroatoms. The first-order valence-corrected chi connectivity index (χ1v) is 6.91. The summed E-state index contributed by atoms with van der Waals surface area (Å²) in [4.78, 5) is 12.6. The molecule has 0 radical (unpaired) electrons. The maximum Gasteiger partial charge on any atom is 0.309 e. The Hall–Kier alpha value is -0.870. The van der Waals surface area contributed by atoms with E-state index >= 15 is 0 Å². The largest absolute Gasteiger partial charge is 0.469 e. The predicted molar refractivity (Wildman–Crippen MR) is 71.2 cm³/mol. The van der Waals surface area contributed by atoms with Crippen LogP contribution < -0.4 is 5.32 Å². The summed E-state index contributed by atoms with van der Waals surface area (Å²) in [5.74, 6) is -0.252. The molecule has 0 fully saturated rings. The molecule has 1 N–H and O–H groups in total. The zero-order valence-electron chi connectivity index (χ0n) is 10.7. The van der Waals surface area contributed by atoms with Gasteiger partial charge in [0.1, 0.15) is 0 Å². The third-order valence-electron chi connectivity index (χ3n) is 2.74. The second kappa shape index (κ2) is 7.45. The molecule has 2 unspecified atom stereocenters. The number of ether oxygens (including phenoxy) is 1. The van der Waals surface area contributed by atoms with Crippen LogP contribution in [0.25, 0.3) is 0 Å². The van der Waals surface area contributed by atoms with Gasteiger partial charge in [0.2, 0.25) is 0 Å². The Morgan fingerprint density at radius 1 is 1.59 bits per heavy atom. The zero-order valence-corrected chi connectivity index (χ0v) is 11.5. The van der Waals surface area contributed by atoms with Crippen LogP contribution in [0.5, 0.6) is 0 Å². The number of hydrogen-bond donors (Lipinski definition) is 1. The fourth-order valence-electron chi connectivity index (χ4n) is 1.73. The molecule has 0 spiro atoms. The van der Waals surface area contributed by atoms with Crippen molar-refractivity contribution in [3.63, 3.8) is 0 Å². The molecule has 1 aromatic heterocycles. The first-order chi connectivity index (χ1) is 8.19. The van der Waals surface area contributed by atoms with Crippen LogP contribution in [0.4, 0.5) is 0 Å². The lowest BCUT2D eigenvalue weighted by Gasteiger charge is -2.18. The van der Waals surface area contributed by atoms with Gasteiger partial charge in [-0.1, -0.05) is 26.3 Å². The molecule has 0 bridgehead atoms. The lowest BCUT2D eigenvalue weighted by atomic mass is 10.1. The van der Waals surface area contributed by atoms with Gasteiger partial charge < -0.3 is 10.1 Å². The third kappa shape index (κ3) is 4.48. The number of hydrogen-bond acceptors (Lipinski definition) is 4. The molecule has 17 heavy (non-hydrogen) atoms. The second-order valence-corrected chi connectivity index (χ2v) is 5.17. The van der Waals surface area contributed by atoms with E-state index in [1.165, 1.54) is 12.0 Å². The van der Waals surface area contributed by atoms with Crippen LogP contribution in [0.3, 0.4) is 0 Å². The zero-order chi connectivity index (χ0) is 12.7. The molecule has 0 aliphatic rings. The topological polar surface area (TPSA) is 38.3 Å². The molecular weight excluding hydrogens is 234 g/mol. The highest BCUT2D eigenvalue weighted by Crippen LogP contribution is 2.23. The molecule has 1 rings (SSSR count). The number of carbonyl (C=O) groups excluding carboxylic acids is 1. The van der Waals surface area contributed by atoms with Crippen molar-refractivity contribution in [2.75, 3.05) is 13.7 Å². The lowest BCUT2D eigenvalue weighted by Crippen LogP contribution is -2.30. The van der Waals surface area contributed by atoms with Gasteiger partial charge >= 0.3 is 5.97 Å². The summed E-state index contributed by atoms with van der Waals surface area (Å²) in [7, 11) is 1.43. The minimum absolute atomic E-state index is 0.0979.